The lowest BCUT2D eigenvalue weighted by Gasteiger charge is -2.33. The van der Waals surface area contributed by atoms with Crippen LogP contribution in [0.1, 0.15) is 18.4 Å². The molecule has 0 saturated carbocycles. The van der Waals surface area contributed by atoms with Gasteiger partial charge in [-0.05, 0) is 43.6 Å². The molecule has 0 aromatic heterocycles. The van der Waals surface area contributed by atoms with E-state index in [9.17, 15) is 4.79 Å². The lowest BCUT2D eigenvalue weighted by molar-refractivity contribution is -0.120. The molecule has 2 rings (SSSR count). The molecule has 104 valence electrons. The highest BCUT2D eigenvalue weighted by atomic mass is 79.9. The number of piperidine rings is 1. The summed E-state index contributed by atoms with van der Waals surface area (Å²) in [7, 11) is 0. The summed E-state index contributed by atoms with van der Waals surface area (Å²) in [5.74, 6) is -0.256. The van der Waals surface area contributed by atoms with Crippen LogP contribution < -0.4 is 11.1 Å². The average Bonchev–Trinajstić information content (AvgIpc) is 2.38. The molecule has 1 amide bonds. The molecule has 1 aromatic carbocycles. The van der Waals surface area contributed by atoms with E-state index in [2.05, 4.69) is 38.3 Å². The summed E-state index contributed by atoms with van der Waals surface area (Å²) < 4.78 is 1.06. The van der Waals surface area contributed by atoms with Gasteiger partial charge < -0.3 is 11.1 Å². The minimum atomic E-state index is -0.256. The molecule has 0 unspecified atom stereocenters. The third-order valence-electron chi connectivity index (χ3n) is 3.46. The Bertz CT molecular complexity index is 432. The Hall–Kier alpha value is -0.910. The van der Waals surface area contributed by atoms with Crippen molar-refractivity contribution in [2.24, 2.45) is 5.73 Å². The van der Waals surface area contributed by atoms with Gasteiger partial charge in [0.05, 0.1) is 6.54 Å². The van der Waals surface area contributed by atoms with Crippen LogP contribution in [0.4, 0.5) is 0 Å². The molecule has 1 aliphatic rings. The number of carbonyl (C=O) groups excluding carboxylic acids is 1. The first-order chi connectivity index (χ1) is 9.15. The molecule has 3 N–H and O–H groups in total. The molecule has 5 heteroatoms. The van der Waals surface area contributed by atoms with E-state index in [4.69, 9.17) is 5.73 Å². The van der Waals surface area contributed by atoms with Crippen LogP contribution in [0.5, 0.6) is 0 Å². The number of benzene rings is 1. The zero-order valence-electron chi connectivity index (χ0n) is 10.9. The topological polar surface area (TPSA) is 58.4 Å². The van der Waals surface area contributed by atoms with Gasteiger partial charge in [0.2, 0.25) is 5.91 Å². The number of hydrogen-bond donors (Lipinski definition) is 2. The van der Waals surface area contributed by atoms with Gasteiger partial charge in [-0.25, -0.2) is 0 Å². The lowest BCUT2D eigenvalue weighted by Crippen LogP contribution is -2.46. The van der Waals surface area contributed by atoms with Crippen LogP contribution >= 0.6 is 15.9 Å². The fourth-order valence-electron chi connectivity index (χ4n) is 2.56. The summed E-state index contributed by atoms with van der Waals surface area (Å²) >= 11 is 3.48. The minimum absolute atomic E-state index is 0.256. The first kappa shape index (κ1) is 14.5. The number of nitrogens with two attached hydrogens (primary N) is 1. The van der Waals surface area contributed by atoms with Crippen molar-refractivity contribution in [2.75, 3.05) is 19.6 Å². The second-order valence-electron chi connectivity index (χ2n) is 4.98. The van der Waals surface area contributed by atoms with Crippen molar-refractivity contribution >= 4 is 21.8 Å². The maximum Gasteiger partial charge on any atom is 0.231 e. The number of primary amides is 1. The Morgan fingerprint density at radius 1 is 1.42 bits per heavy atom. The van der Waals surface area contributed by atoms with Crippen LogP contribution in [0.25, 0.3) is 0 Å². The summed E-state index contributed by atoms with van der Waals surface area (Å²) in [6.45, 7) is 3.13. The molecule has 1 heterocycles. The van der Waals surface area contributed by atoms with Gasteiger partial charge in [-0.1, -0.05) is 28.1 Å². The molecule has 1 saturated heterocycles. The zero-order valence-corrected chi connectivity index (χ0v) is 12.5. The molecule has 19 heavy (non-hydrogen) atoms. The van der Waals surface area contributed by atoms with Crippen molar-refractivity contribution in [3.63, 3.8) is 0 Å². The number of rotatable bonds is 5. The maximum atomic E-state index is 11.3. The number of amides is 1. The van der Waals surface area contributed by atoms with Gasteiger partial charge in [0.1, 0.15) is 0 Å². The summed E-state index contributed by atoms with van der Waals surface area (Å²) in [5.41, 5.74) is 6.58. The number of halogens is 1. The second kappa shape index (κ2) is 7.03. The molecular weight excluding hydrogens is 306 g/mol. The Balaban J connectivity index is 2.06. The molecule has 0 bridgehead atoms. The fraction of sp³-hybridized carbons (Fsp3) is 0.500. The molecule has 4 nitrogen and oxygen atoms in total. The third-order valence-corrected chi connectivity index (χ3v) is 3.95. The fourth-order valence-corrected chi connectivity index (χ4v) is 3.00. The first-order valence-electron chi connectivity index (χ1n) is 6.62. The van der Waals surface area contributed by atoms with E-state index < -0.39 is 0 Å². The highest BCUT2D eigenvalue weighted by Crippen LogP contribution is 2.18. The largest absolute Gasteiger partial charge is 0.369 e. The van der Waals surface area contributed by atoms with E-state index in [-0.39, 0.29) is 5.91 Å². The van der Waals surface area contributed by atoms with Gasteiger partial charge in [-0.3, -0.25) is 9.69 Å². The van der Waals surface area contributed by atoms with E-state index in [1.54, 1.807) is 0 Å². The van der Waals surface area contributed by atoms with Crippen LogP contribution in [0.15, 0.2) is 28.7 Å². The highest BCUT2D eigenvalue weighted by Gasteiger charge is 2.22. The highest BCUT2D eigenvalue weighted by molar-refractivity contribution is 9.10. The van der Waals surface area contributed by atoms with Crippen molar-refractivity contribution in [2.45, 2.75) is 25.4 Å². The van der Waals surface area contributed by atoms with Gasteiger partial charge in [0, 0.05) is 17.1 Å². The smallest absolute Gasteiger partial charge is 0.231 e. The lowest BCUT2D eigenvalue weighted by atomic mass is 10.0. The summed E-state index contributed by atoms with van der Waals surface area (Å²) in [5, 5.41) is 3.35. The third kappa shape index (κ3) is 4.60. The van der Waals surface area contributed by atoms with E-state index in [0.29, 0.717) is 12.6 Å². The van der Waals surface area contributed by atoms with Crippen molar-refractivity contribution in [3.05, 3.63) is 34.3 Å². The van der Waals surface area contributed by atoms with Gasteiger partial charge in [0.25, 0.3) is 0 Å². The number of hydrogen-bond acceptors (Lipinski definition) is 3. The summed E-state index contributed by atoms with van der Waals surface area (Å²) in [6, 6.07) is 8.64. The van der Waals surface area contributed by atoms with Crippen LogP contribution in [-0.4, -0.2) is 36.5 Å². The molecule has 1 aromatic rings. The molecular formula is C14H20BrN3O. The quantitative estimate of drug-likeness (QED) is 0.862. The monoisotopic (exact) mass is 325 g/mol. The van der Waals surface area contributed by atoms with Gasteiger partial charge in [-0.15, -0.1) is 0 Å². The Morgan fingerprint density at radius 2 is 2.16 bits per heavy atom. The number of nitrogens with one attached hydrogen (secondary N) is 1. The number of carbonyl (C=O) groups is 1. The van der Waals surface area contributed by atoms with Crippen LogP contribution in [0.2, 0.25) is 0 Å². The van der Waals surface area contributed by atoms with E-state index in [1.807, 2.05) is 12.1 Å². The van der Waals surface area contributed by atoms with Crippen molar-refractivity contribution in [1.29, 1.82) is 0 Å². The molecule has 0 radical (unpaired) electrons. The molecule has 0 spiro atoms. The van der Waals surface area contributed by atoms with Crippen molar-refractivity contribution in [1.82, 2.24) is 10.2 Å². The molecule has 1 fully saturated rings. The normalized spacial score (nSPS) is 16.7. The van der Waals surface area contributed by atoms with E-state index >= 15 is 0 Å². The number of nitrogens with zero attached hydrogens (tertiary/aromatic N) is 1. The molecule has 0 atom stereocenters. The van der Waals surface area contributed by atoms with Crippen LogP contribution in [0.3, 0.4) is 0 Å². The molecule has 1 aliphatic heterocycles. The predicted molar refractivity (Wildman–Crippen MR) is 79.6 cm³/mol. The SMILES string of the molecule is NC(=O)CN(Cc1cccc(Br)c1)C1CCNCC1. The Labute approximate surface area is 122 Å². The maximum absolute atomic E-state index is 11.3. The van der Waals surface area contributed by atoms with Gasteiger partial charge >= 0.3 is 0 Å². The zero-order chi connectivity index (χ0) is 13.7. The standard InChI is InChI=1S/C14H20BrN3O/c15-12-3-1-2-11(8-12)9-18(10-14(16)19)13-4-6-17-7-5-13/h1-3,8,13,17H,4-7,9-10H2,(H2,16,19). The van der Waals surface area contributed by atoms with Gasteiger partial charge in [-0.2, -0.15) is 0 Å². The van der Waals surface area contributed by atoms with Crippen LogP contribution in [-0.2, 0) is 11.3 Å². The second-order valence-corrected chi connectivity index (χ2v) is 5.90. The van der Waals surface area contributed by atoms with E-state index in [1.165, 1.54) is 5.56 Å². The summed E-state index contributed by atoms with van der Waals surface area (Å²) in [6.07, 6.45) is 2.14. The van der Waals surface area contributed by atoms with Crippen molar-refractivity contribution < 1.29 is 4.79 Å². The molecule has 0 aliphatic carbocycles. The van der Waals surface area contributed by atoms with Gasteiger partial charge in [0.15, 0.2) is 0 Å². The summed E-state index contributed by atoms with van der Waals surface area (Å²) in [4.78, 5) is 13.5. The predicted octanol–water partition coefficient (Wildman–Crippen LogP) is 1.49. The van der Waals surface area contributed by atoms with Crippen LogP contribution in [0, 0.1) is 0 Å². The average molecular weight is 326 g/mol. The van der Waals surface area contributed by atoms with E-state index in [0.717, 1.165) is 36.9 Å². The Kier molecular flexibility index (Phi) is 5.36. The minimum Gasteiger partial charge on any atom is -0.369 e. The first-order valence-corrected chi connectivity index (χ1v) is 7.42. The van der Waals surface area contributed by atoms with Crippen molar-refractivity contribution in [3.8, 4) is 0 Å². The Morgan fingerprint density at radius 3 is 2.79 bits per heavy atom.